The van der Waals surface area contributed by atoms with Gasteiger partial charge in [0.2, 0.25) is 5.91 Å². The first-order valence-electron chi connectivity index (χ1n) is 10.9. The Balaban J connectivity index is 1.43. The summed E-state index contributed by atoms with van der Waals surface area (Å²) in [6, 6.07) is 6.48. The van der Waals surface area contributed by atoms with Gasteiger partial charge in [-0.3, -0.25) is 9.48 Å². The van der Waals surface area contributed by atoms with E-state index in [1.165, 1.54) is 18.5 Å². The third-order valence-electron chi connectivity index (χ3n) is 6.55. The van der Waals surface area contributed by atoms with Crippen molar-refractivity contribution in [3.63, 3.8) is 0 Å². The molecule has 5 rings (SSSR count). The fraction of sp³-hybridized carbons (Fsp3) is 0.280. The van der Waals surface area contributed by atoms with E-state index in [9.17, 15) is 14.4 Å². The van der Waals surface area contributed by atoms with Gasteiger partial charge in [0.1, 0.15) is 11.6 Å². The maximum atomic E-state index is 14.8. The predicted octanol–water partition coefficient (Wildman–Crippen LogP) is 4.09. The lowest BCUT2D eigenvalue weighted by Gasteiger charge is -2.10. The van der Waals surface area contributed by atoms with Crippen molar-refractivity contribution < 1.29 is 13.9 Å². The summed E-state index contributed by atoms with van der Waals surface area (Å²) >= 11 is 0. The minimum Gasteiger partial charge on any atom is -0.619 e. The zero-order valence-electron chi connectivity index (χ0n) is 18.6. The summed E-state index contributed by atoms with van der Waals surface area (Å²) in [5, 5.41) is 20.3. The Bertz CT molecular complexity index is 1380. The minimum absolute atomic E-state index is 0.0730. The number of rotatable bonds is 5. The van der Waals surface area contributed by atoms with Crippen LogP contribution in [0.2, 0.25) is 0 Å². The van der Waals surface area contributed by atoms with Gasteiger partial charge in [0.05, 0.1) is 11.8 Å². The Kier molecular flexibility index (Phi) is 5.08. The number of halogens is 1. The van der Waals surface area contributed by atoms with Gasteiger partial charge in [-0.1, -0.05) is 13.3 Å². The number of aryl methyl sites for hydroxylation is 2. The summed E-state index contributed by atoms with van der Waals surface area (Å²) in [5.74, 6) is 0.218. The second-order valence-corrected chi connectivity index (χ2v) is 8.71. The van der Waals surface area contributed by atoms with E-state index in [2.05, 4.69) is 22.3 Å². The second-order valence-electron chi connectivity index (χ2n) is 8.71. The van der Waals surface area contributed by atoms with Crippen LogP contribution in [0.5, 0.6) is 0 Å². The molecule has 168 valence electrons. The molecule has 0 aliphatic heterocycles. The highest BCUT2D eigenvalue weighted by atomic mass is 19.1. The average Bonchev–Trinajstić information content (AvgIpc) is 3.38. The molecule has 3 heterocycles. The molecule has 1 amide bonds. The number of hydrogen-bond acceptors (Lipinski definition) is 4. The molecule has 1 aliphatic rings. The number of hydrogen-bond donors (Lipinski definition) is 1. The molecule has 1 saturated carbocycles. The predicted molar refractivity (Wildman–Crippen MR) is 123 cm³/mol. The van der Waals surface area contributed by atoms with Crippen molar-refractivity contribution in [2.24, 2.45) is 18.9 Å². The first kappa shape index (κ1) is 21.1. The van der Waals surface area contributed by atoms with E-state index < -0.39 is 5.82 Å². The van der Waals surface area contributed by atoms with Gasteiger partial charge in [0, 0.05) is 48.3 Å². The standard InChI is InChI=1S/C25H24FN5O2/c1-4-18-23(17-11-28-30(3)12-17)24(18)25(32)29-22-9-15-7-19(21(26)8-16(15)10-27-22)20-13-31(33)6-5-14(20)2/h5-13,18,23-24H,4H2,1-3H3,(H,27,29,32)/t18-,23?,24?/m0/s1. The minimum atomic E-state index is -0.432. The van der Waals surface area contributed by atoms with Crippen LogP contribution < -0.4 is 10.0 Å². The van der Waals surface area contributed by atoms with Crippen LogP contribution in [0.25, 0.3) is 21.9 Å². The summed E-state index contributed by atoms with van der Waals surface area (Å²) in [6.45, 7) is 3.92. The van der Waals surface area contributed by atoms with E-state index in [0.717, 1.165) is 22.9 Å². The van der Waals surface area contributed by atoms with Crippen LogP contribution in [0.3, 0.4) is 0 Å². The topological polar surface area (TPSA) is 86.8 Å². The number of amides is 1. The Morgan fingerprint density at radius 1 is 1.24 bits per heavy atom. The molecule has 33 heavy (non-hydrogen) atoms. The van der Waals surface area contributed by atoms with Gasteiger partial charge in [-0.05, 0) is 47.6 Å². The maximum absolute atomic E-state index is 14.8. The number of pyridine rings is 2. The van der Waals surface area contributed by atoms with Crippen LogP contribution in [0.1, 0.15) is 30.4 Å². The van der Waals surface area contributed by atoms with E-state index in [1.54, 1.807) is 29.1 Å². The van der Waals surface area contributed by atoms with Gasteiger partial charge in [-0.2, -0.15) is 9.83 Å². The van der Waals surface area contributed by atoms with Gasteiger partial charge in [0.25, 0.3) is 0 Å². The summed E-state index contributed by atoms with van der Waals surface area (Å²) in [5.41, 5.74) is 2.73. The molecular weight excluding hydrogens is 421 g/mol. The smallest absolute Gasteiger partial charge is 0.229 e. The summed E-state index contributed by atoms with van der Waals surface area (Å²) in [7, 11) is 1.87. The van der Waals surface area contributed by atoms with Crippen LogP contribution in [0.15, 0.2) is 55.2 Å². The third-order valence-corrected chi connectivity index (χ3v) is 6.55. The molecule has 1 aliphatic carbocycles. The summed E-state index contributed by atoms with van der Waals surface area (Å²) in [6.07, 6.45) is 8.98. The lowest BCUT2D eigenvalue weighted by Crippen LogP contribution is -2.24. The van der Waals surface area contributed by atoms with Gasteiger partial charge in [0.15, 0.2) is 12.4 Å². The first-order chi connectivity index (χ1) is 15.9. The number of benzene rings is 1. The highest BCUT2D eigenvalue weighted by Gasteiger charge is 2.54. The molecular formula is C25H24FN5O2. The van der Waals surface area contributed by atoms with Crippen molar-refractivity contribution in [2.45, 2.75) is 26.2 Å². The zero-order chi connectivity index (χ0) is 23.3. The van der Waals surface area contributed by atoms with E-state index >= 15 is 0 Å². The molecule has 3 aromatic heterocycles. The molecule has 0 radical (unpaired) electrons. The molecule has 7 nitrogen and oxygen atoms in total. The van der Waals surface area contributed by atoms with E-state index in [4.69, 9.17) is 0 Å². The van der Waals surface area contributed by atoms with Gasteiger partial charge in [-0.25, -0.2) is 9.37 Å². The van der Waals surface area contributed by atoms with Crippen LogP contribution in [-0.2, 0) is 11.8 Å². The van der Waals surface area contributed by atoms with Gasteiger partial charge >= 0.3 is 0 Å². The number of carbonyl (C=O) groups excluding carboxylic acids is 1. The van der Waals surface area contributed by atoms with Crippen molar-refractivity contribution in [3.05, 3.63) is 77.4 Å². The number of aromatic nitrogens is 4. The highest BCUT2D eigenvalue weighted by molar-refractivity contribution is 5.97. The van der Waals surface area contributed by atoms with Crippen LogP contribution in [0.4, 0.5) is 10.2 Å². The quantitative estimate of drug-likeness (QED) is 0.370. The largest absolute Gasteiger partial charge is 0.619 e. The lowest BCUT2D eigenvalue weighted by molar-refractivity contribution is -0.604. The van der Waals surface area contributed by atoms with E-state index in [-0.39, 0.29) is 23.7 Å². The highest BCUT2D eigenvalue weighted by Crippen LogP contribution is 2.56. The number of nitrogens with zero attached hydrogens (tertiary/aromatic N) is 4. The van der Waals surface area contributed by atoms with Crippen molar-refractivity contribution in [1.29, 1.82) is 0 Å². The maximum Gasteiger partial charge on any atom is 0.229 e. The van der Waals surface area contributed by atoms with Crippen LogP contribution in [0, 0.1) is 29.8 Å². The van der Waals surface area contributed by atoms with Crippen molar-refractivity contribution in [3.8, 4) is 11.1 Å². The van der Waals surface area contributed by atoms with Gasteiger partial charge < -0.3 is 10.5 Å². The Morgan fingerprint density at radius 3 is 2.79 bits per heavy atom. The molecule has 1 N–H and O–H groups in total. The van der Waals surface area contributed by atoms with Gasteiger partial charge in [-0.15, -0.1) is 0 Å². The Labute approximate surface area is 190 Å². The average molecular weight is 445 g/mol. The summed E-state index contributed by atoms with van der Waals surface area (Å²) < 4.78 is 17.2. The second kappa shape index (κ2) is 7.95. The van der Waals surface area contributed by atoms with Crippen molar-refractivity contribution in [2.75, 3.05) is 5.32 Å². The normalized spacial score (nSPS) is 19.6. The van der Waals surface area contributed by atoms with Crippen LogP contribution in [-0.4, -0.2) is 20.7 Å². The van der Waals surface area contributed by atoms with E-state index in [0.29, 0.717) is 27.1 Å². The Hall–Kier alpha value is -3.81. The van der Waals surface area contributed by atoms with Crippen molar-refractivity contribution >= 4 is 22.5 Å². The first-order valence-corrected chi connectivity index (χ1v) is 10.9. The molecule has 0 bridgehead atoms. The van der Waals surface area contributed by atoms with Crippen molar-refractivity contribution in [1.82, 2.24) is 14.8 Å². The molecule has 0 saturated heterocycles. The molecule has 1 fully saturated rings. The monoisotopic (exact) mass is 445 g/mol. The van der Waals surface area contributed by atoms with Crippen LogP contribution >= 0.6 is 0 Å². The molecule has 8 heteroatoms. The number of fused-ring (bicyclic) bond motifs is 1. The number of anilines is 1. The van der Waals surface area contributed by atoms with E-state index in [1.807, 2.05) is 26.4 Å². The molecule has 2 unspecified atom stereocenters. The summed E-state index contributed by atoms with van der Waals surface area (Å²) in [4.78, 5) is 17.3. The molecule has 0 spiro atoms. The lowest BCUT2D eigenvalue weighted by atomic mass is 9.99. The number of carbonyl (C=O) groups is 1. The Morgan fingerprint density at radius 2 is 2.06 bits per heavy atom. The molecule has 1 aromatic carbocycles. The fourth-order valence-electron chi connectivity index (χ4n) is 4.79. The fourth-order valence-corrected chi connectivity index (χ4v) is 4.79. The third kappa shape index (κ3) is 3.82. The SMILES string of the molecule is CC[C@@H]1C(C(=O)Nc2cc3cc(-c4c[n+]([O-])ccc4C)c(F)cc3cn2)C1c1cnn(C)c1. The zero-order valence-corrected chi connectivity index (χ0v) is 18.6. The number of nitrogens with one attached hydrogen (secondary N) is 1. The molecule has 3 atom stereocenters. The molecule has 4 aromatic rings.